The predicted octanol–water partition coefficient (Wildman–Crippen LogP) is 2.29. The van der Waals surface area contributed by atoms with Crippen LogP contribution in [-0.4, -0.2) is 26.8 Å². The van der Waals surface area contributed by atoms with Crippen LogP contribution in [0.4, 0.5) is 0 Å². The van der Waals surface area contributed by atoms with Crippen molar-refractivity contribution in [1.29, 1.82) is 0 Å². The van der Waals surface area contributed by atoms with Gasteiger partial charge in [0.05, 0.1) is 0 Å². The molecule has 0 aliphatic heterocycles. The second kappa shape index (κ2) is 6.39. The molecule has 0 saturated heterocycles. The van der Waals surface area contributed by atoms with E-state index in [2.05, 4.69) is 26.1 Å². The van der Waals surface area contributed by atoms with Gasteiger partial charge in [0.2, 0.25) is 0 Å². The molecule has 0 saturated carbocycles. The van der Waals surface area contributed by atoms with Gasteiger partial charge in [0, 0.05) is 13.2 Å². The fourth-order valence-corrected chi connectivity index (χ4v) is 1.46. The molecular weight excluding hydrogens is 162 g/mol. The monoisotopic (exact) mass is 187 g/mol. The SMILES string of the molecule is CCOCCC(CNC)C(C)(C)C. The van der Waals surface area contributed by atoms with E-state index in [0.29, 0.717) is 11.3 Å². The van der Waals surface area contributed by atoms with Gasteiger partial charge in [-0.25, -0.2) is 0 Å². The molecule has 0 aliphatic carbocycles. The maximum Gasteiger partial charge on any atom is 0.0469 e. The van der Waals surface area contributed by atoms with Gasteiger partial charge in [-0.1, -0.05) is 20.8 Å². The third-order valence-corrected chi connectivity index (χ3v) is 2.49. The lowest BCUT2D eigenvalue weighted by Gasteiger charge is -2.30. The van der Waals surface area contributed by atoms with Gasteiger partial charge in [-0.15, -0.1) is 0 Å². The van der Waals surface area contributed by atoms with Crippen molar-refractivity contribution in [2.75, 3.05) is 26.8 Å². The third kappa shape index (κ3) is 6.05. The first kappa shape index (κ1) is 12.9. The first-order valence-corrected chi connectivity index (χ1v) is 5.24. The van der Waals surface area contributed by atoms with E-state index in [0.717, 1.165) is 26.2 Å². The number of nitrogens with one attached hydrogen (secondary N) is 1. The van der Waals surface area contributed by atoms with Crippen molar-refractivity contribution in [3.05, 3.63) is 0 Å². The van der Waals surface area contributed by atoms with Crippen molar-refractivity contribution >= 4 is 0 Å². The lowest BCUT2D eigenvalue weighted by atomic mass is 9.79. The lowest BCUT2D eigenvalue weighted by Crippen LogP contribution is -2.31. The smallest absolute Gasteiger partial charge is 0.0469 e. The van der Waals surface area contributed by atoms with Crippen LogP contribution in [0.5, 0.6) is 0 Å². The molecule has 0 fully saturated rings. The number of rotatable bonds is 6. The van der Waals surface area contributed by atoms with Crippen LogP contribution >= 0.6 is 0 Å². The van der Waals surface area contributed by atoms with Crippen LogP contribution in [0.25, 0.3) is 0 Å². The predicted molar refractivity (Wildman–Crippen MR) is 58.0 cm³/mol. The number of hydrogen-bond acceptors (Lipinski definition) is 2. The minimum Gasteiger partial charge on any atom is -0.382 e. The van der Waals surface area contributed by atoms with E-state index < -0.39 is 0 Å². The van der Waals surface area contributed by atoms with Crippen LogP contribution in [0.3, 0.4) is 0 Å². The van der Waals surface area contributed by atoms with Crippen molar-refractivity contribution in [2.24, 2.45) is 11.3 Å². The fourth-order valence-electron chi connectivity index (χ4n) is 1.46. The highest BCUT2D eigenvalue weighted by molar-refractivity contribution is 4.75. The second-order valence-corrected chi connectivity index (χ2v) is 4.61. The standard InChI is InChI=1S/C11H25NO/c1-6-13-8-7-10(9-12-5)11(2,3)4/h10,12H,6-9H2,1-5H3. The van der Waals surface area contributed by atoms with Crippen molar-refractivity contribution in [1.82, 2.24) is 5.32 Å². The van der Waals surface area contributed by atoms with E-state index in [9.17, 15) is 0 Å². The summed E-state index contributed by atoms with van der Waals surface area (Å²) >= 11 is 0. The van der Waals surface area contributed by atoms with E-state index in [1.54, 1.807) is 0 Å². The summed E-state index contributed by atoms with van der Waals surface area (Å²) < 4.78 is 5.38. The van der Waals surface area contributed by atoms with Crippen molar-refractivity contribution in [3.63, 3.8) is 0 Å². The van der Waals surface area contributed by atoms with Gasteiger partial charge in [-0.3, -0.25) is 0 Å². The Morgan fingerprint density at radius 2 is 1.92 bits per heavy atom. The van der Waals surface area contributed by atoms with Crippen molar-refractivity contribution in [3.8, 4) is 0 Å². The molecule has 1 unspecified atom stereocenters. The second-order valence-electron chi connectivity index (χ2n) is 4.61. The number of ether oxygens (including phenoxy) is 1. The van der Waals surface area contributed by atoms with Gasteiger partial charge in [0.15, 0.2) is 0 Å². The zero-order valence-electron chi connectivity index (χ0n) is 9.81. The van der Waals surface area contributed by atoms with Gasteiger partial charge in [0.25, 0.3) is 0 Å². The molecule has 0 spiro atoms. The highest BCUT2D eigenvalue weighted by Gasteiger charge is 2.23. The zero-order chi connectivity index (χ0) is 10.3. The molecule has 1 N–H and O–H groups in total. The molecule has 0 aromatic rings. The summed E-state index contributed by atoms with van der Waals surface area (Å²) in [5, 5.41) is 3.25. The Kier molecular flexibility index (Phi) is 6.35. The third-order valence-electron chi connectivity index (χ3n) is 2.49. The van der Waals surface area contributed by atoms with Crippen LogP contribution in [-0.2, 0) is 4.74 Å². The first-order valence-electron chi connectivity index (χ1n) is 5.24. The molecule has 1 atom stereocenters. The number of hydrogen-bond donors (Lipinski definition) is 1. The molecule has 13 heavy (non-hydrogen) atoms. The maximum atomic E-state index is 5.38. The quantitative estimate of drug-likeness (QED) is 0.644. The molecule has 0 amide bonds. The molecule has 0 bridgehead atoms. The zero-order valence-corrected chi connectivity index (χ0v) is 9.81. The summed E-state index contributed by atoms with van der Waals surface area (Å²) in [5.41, 5.74) is 0.375. The minimum atomic E-state index is 0.375. The maximum absolute atomic E-state index is 5.38. The Balaban J connectivity index is 3.81. The van der Waals surface area contributed by atoms with E-state index in [4.69, 9.17) is 4.74 Å². The molecule has 2 heteroatoms. The van der Waals surface area contributed by atoms with Crippen LogP contribution < -0.4 is 5.32 Å². The van der Waals surface area contributed by atoms with E-state index in [1.807, 2.05) is 14.0 Å². The molecule has 80 valence electrons. The fraction of sp³-hybridized carbons (Fsp3) is 1.00. The van der Waals surface area contributed by atoms with Gasteiger partial charge in [-0.05, 0) is 38.3 Å². The van der Waals surface area contributed by atoms with Crippen molar-refractivity contribution in [2.45, 2.75) is 34.1 Å². The molecule has 0 aliphatic rings. The van der Waals surface area contributed by atoms with E-state index in [1.165, 1.54) is 0 Å². The molecule has 0 aromatic carbocycles. The molecule has 0 heterocycles. The summed E-state index contributed by atoms with van der Waals surface area (Å²) in [6, 6.07) is 0. The highest BCUT2D eigenvalue weighted by atomic mass is 16.5. The van der Waals surface area contributed by atoms with E-state index >= 15 is 0 Å². The summed E-state index contributed by atoms with van der Waals surface area (Å²) in [7, 11) is 2.01. The molecule has 0 rings (SSSR count). The van der Waals surface area contributed by atoms with Gasteiger partial charge in [0.1, 0.15) is 0 Å². The highest BCUT2D eigenvalue weighted by Crippen LogP contribution is 2.27. The lowest BCUT2D eigenvalue weighted by molar-refractivity contribution is 0.106. The van der Waals surface area contributed by atoms with Gasteiger partial charge >= 0.3 is 0 Å². The van der Waals surface area contributed by atoms with Gasteiger partial charge < -0.3 is 10.1 Å². The summed E-state index contributed by atoms with van der Waals surface area (Å²) in [4.78, 5) is 0. The van der Waals surface area contributed by atoms with E-state index in [-0.39, 0.29) is 0 Å². The average molecular weight is 187 g/mol. The Hall–Kier alpha value is -0.0800. The van der Waals surface area contributed by atoms with Gasteiger partial charge in [-0.2, -0.15) is 0 Å². The Labute approximate surface area is 83.1 Å². The average Bonchev–Trinajstić information content (AvgIpc) is 2.01. The summed E-state index contributed by atoms with van der Waals surface area (Å²) in [6.07, 6.45) is 1.15. The molecule has 0 radical (unpaired) electrons. The molecule has 0 aromatic heterocycles. The molecular formula is C11H25NO. The largest absolute Gasteiger partial charge is 0.382 e. The van der Waals surface area contributed by atoms with Crippen LogP contribution in [0.2, 0.25) is 0 Å². The Morgan fingerprint density at radius 3 is 2.31 bits per heavy atom. The van der Waals surface area contributed by atoms with Crippen LogP contribution in [0.1, 0.15) is 34.1 Å². The summed E-state index contributed by atoms with van der Waals surface area (Å²) in [6.45, 7) is 11.7. The minimum absolute atomic E-state index is 0.375. The normalized spacial score (nSPS) is 14.5. The first-order chi connectivity index (χ1) is 6.02. The van der Waals surface area contributed by atoms with Crippen LogP contribution in [0, 0.1) is 11.3 Å². The Morgan fingerprint density at radius 1 is 1.31 bits per heavy atom. The summed E-state index contributed by atoms with van der Waals surface area (Å²) in [5.74, 6) is 0.698. The van der Waals surface area contributed by atoms with Crippen molar-refractivity contribution < 1.29 is 4.74 Å². The topological polar surface area (TPSA) is 21.3 Å². The Bertz CT molecular complexity index is 118. The van der Waals surface area contributed by atoms with Crippen LogP contribution in [0.15, 0.2) is 0 Å². The molecule has 2 nitrogen and oxygen atoms in total.